The van der Waals surface area contributed by atoms with Gasteiger partial charge in [-0.1, -0.05) is 42.5 Å². The molecular formula is C17H15N. The molecule has 0 atom stereocenters. The molecule has 1 nitrogen and oxygen atoms in total. The van der Waals surface area contributed by atoms with Crippen LogP contribution < -0.4 is 0 Å². The number of pyridine rings is 1. The van der Waals surface area contributed by atoms with E-state index in [1.54, 1.807) is 0 Å². The third-order valence-electron chi connectivity index (χ3n) is 3.42. The SMILES string of the molecule is C/C=C\c1c(C)c2ccccc2c2cccnc12. The molecule has 1 aromatic heterocycles. The molecule has 0 unspecified atom stereocenters. The van der Waals surface area contributed by atoms with Crippen LogP contribution in [0.15, 0.2) is 48.7 Å². The van der Waals surface area contributed by atoms with Crippen molar-refractivity contribution in [2.45, 2.75) is 13.8 Å². The number of aryl methyl sites for hydroxylation is 1. The Balaban J connectivity index is 2.62. The molecule has 0 saturated carbocycles. The van der Waals surface area contributed by atoms with Gasteiger partial charge in [-0.05, 0) is 36.2 Å². The fourth-order valence-electron chi connectivity index (χ4n) is 2.58. The van der Waals surface area contributed by atoms with Crippen molar-refractivity contribution in [3.05, 3.63) is 59.8 Å². The minimum atomic E-state index is 1.09. The summed E-state index contributed by atoms with van der Waals surface area (Å²) in [5.74, 6) is 0. The summed E-state index contributed by atoms with van der Waals surface area (Å²) in [5, 5.41) is 3.82. The van der Waals surface area contributed by atoms with Gasteiger partial charge in [0.15, 0.2) is 0 Å². The lowest BCUT2D eigenvalue weighted by atomic mass is 9.95. The van der Waals surface area contributed by atoms with Crippen LogP contribution in [0.4, 0.5) is 0 Å². The van der Waals surface area contributed by atoms with Gasteiger partial charge in [-0.15, -0.1) is 0 Å². The van der Waals surface area contributed by atoms with Gasteiger partial charge in [0.05, 0.1) is 5.52 Å². The molecule has 0 spiro atoms. The van der Waals surface area contributed by atoms with Gasteiger partial charge < -0.3 is 0 Å². The highest BCUT2D eigenvalue weighted by Gasteiger charge is 2.09. The Morgan fingerprint density at radius 1 is 0.944 bits per heavy atom. The van der Waals surface area contributed by atoms with Crippen molar-refractivity contribution in [3.63, 3.8) is 0 Å². The van der Waals surface area contributed by atoms with Crippen LogP contribution in [0.3, 0.4) is 0 Å². The molecule has 0 aliphatic heterocycles. The van der Waals surface area contributed by atoms with Gasteiger partial charge in [0.2, 0.25) is 0 Å². The summed E-state index contributed by atoms with van der Waals surface area (Å²) in [5.41, 5.74) is 3.62. The van der Waals surface area contributed by atoms with E-state index in [2.05, 4.69) is 54.4 Å². The topological polar surface area (TPSA) is 12.9 Å². The number of benzene rings is 2. The zero-order valence-electron chi connectivity index (χ0n) is 10.6. The highest BCUT2D eigenvalue weighted by molar-refractivity contribution is 6.11. The molecule has 0 saturated heterocycles. The first-order chi connectivity index (χ1) is 8.83. The molecule has 88 valence electrons. The van der Waals surface area contributed by atoms with E-state index < -0.39 is 0 Å². The molecule has 2 aromatic carbocycles. The Kier molecular flexibility index (Phi) is 2.60. The van der Waals surface area contributed by atoms with Crippen LogP contribution >= 0.6 is 0 Å². The number of hydrogen-bond donors (Lipinski definition) is 0. The maximum absolute atomic E-state index is 4.56. The highest BCUT2D eigenvalue weighted by atomic mass is 14.6. The second-order valence-electron chi connectivity index (χ2n) is 4.48. The third kappa shape index (κ3) is 1.52. The molecule has 0 aliphatic carbocycles. The quantitative estimate of drug-likeness (QED) is 0.554. The molecule has 18 heavy (non-hydrogen) atoms. The van der Waals surface area contributed by atoms with Crippen molar-refractivity contribution in [1.82, 2.24) is 4.98 Å². The summed E-state index contributed by atoms with van der Waals surface area (Å²) in [6, 6.07) is 12.7. The van der Waals surface area contributed by atoms with Crippen molar-refractivity contribution < 1.29 is 0 Å². The summed E-state index contributed by atoms with van der Waals surface area (Å²) in [6.45, 7) is 4.22. The largest absolute Gasteiger partial charge is 0.256 e. The van der Waals surface area contributed by atoms with E-state index >= 15 is 0 Å². The van der Waals surface area contributed by atoms with Gasteiger partial charge in [-0.25, -0.2) is 0 Å². The molecule has 3 rings (SSSR count). The van der Waals surface area contributed by atoms with E-state index in [4.69, 9.17) is 0 Å². The van der Waals surface area contributed by atoms with Crippen molar-refractivity contribution in [2.75, 3.05) is 0 Å². The maximum Gasteiger partial charge on any atom is 0.0783 e. The second kappa shape index (κ2) is 4.26. The first kappa shape index (κ1) is 11.0. The molecule has 3 aromatic rings. The average Bonchev–Trinajstić information content (AvgIpc) is 2.43. The van der Waals surface area contributed by atoms with Crippen molar-refractivity contribution in [1.29, 1.82) is 0 Å². The smallest absolute Gasteiger partial charge is 0.0783 e. The number of aromatic nitrogens is 1. The van der Waals surface area contributed by atoms with Crippen molar-refractivity contribution in [2.24, 2.45) is 0 Å². The molecule has 0 fully saturated rings. The summed E-state index contributed by atoms with van der Waals surface area (Å²) in [4.78, 5) is 4.56. The third-order valence-corrected chi connectivity index (χ3v) is 3.42. The van der Waals surface area contributed by atoms with E-state index in [9.17, 15) is 0 Å². The Morgan fingerprint density at radius 2 is 1.67 bits per heavy atom. The molecular weight excluding hydrogens is 218 g/mol. The number of allylic oxidation sites excluding steroid dienone is 1. The zero-order chi connectivity index (χ0) is 12.5. The van der Waals surface area contributed by atoms with E-state index in [0.717, 1.165) is 5.52 Å². The monoisotopic (exact) mass is 233 g/mol. The fourth-order valence-corrected chi connectivity index (χ4v) is 2.58. The Labute approximate surface area is 107 Å². The molecule has 1 heterocycles. The predicted molar refractivity (Wildman–Crippen MR) is 78.7 cm³/mol. The molecule has 0 radical (unpaired) electrons. The van der Waals surface area contributed by atoms with Crippen LogP contribution in [0.1, 0.15) is 18.1 Å². The van der Waals surface area contributed by atoms with Gasteiger partial charge in [-0.2, -0.15) is 0 Å². The van der Waals surface area contributed by atoms with E-state index in [1.165, 1.54) is 27.3 Å². The highest BCUT2D eigenvalue weighted by Crippen LogP contribution is 2.31. The van der Waals surface area contributed by atoms with Gasteiger partial charge in [0.1, 0.15) is 0 Å². The fraction of sp³-hybridized carbons (Fsp3) is 0.118. The van der Waals surface area contributed by atoms with Gasteiger partial charge in [-0.3, -0.25) is 4.98 Å². The second-order valence-corrected chi connectivity index (χ2v) is 4.48. The van der Waals surface area contributed by atoms with Crippen LogP contribution in [0.25, 0.3) is 27.8 Å². The Hall–Kier alpha value is -2.15. The average molecular weight is 233 g/mol. The standard InChI is InChI=1S/C17H15N/c1-3-7-14-12(2)13-8-4-5-9-15(13)16-10-6-11-18-17(14)16/h3-11H,1-2H3/b7-3-. The van der Waals surface area contributed by atoms with Gasteiger partial charge in [0.25, 0.3) is 0 Å². The van der Waals surface area contributed by atoms with Crippen LogP contribution in [-0.4, -0.2) is 4.98 Å². The minimum absolute atomic E-state index is 1.09. The van der Waals surface area contributed by atoms with Crippen molar-refractivity contribution in [3.8, 4) is 0 Å². The predicted octanol–water partition coefficient (Wildman–Crippen LogP) is 4.73. The van der Waals surface area contributed by atoms with Crippen LogP contribution in [0.5, 0.6) is 0 Å². The first-order valence-electron chi connectivity index (χ1n) is 6.21. The van der Waals surface area contributed by atoms with Gasteiger partial charge in [0, 0.05) is 17.1 Å². The van der Waals surface area contributed by atoms with Crippen LogP contribution in [-0.2, 0) is 0 Å². The maximum atomic E-state index is 4.56. The molecule has 1 heteroatoms. The van der Waals surface area contributed by atoms with Gasteiger partial charge >= 0.3 is 0 Å². The lowest BCUT2D eigenvalue weighted by molar-refractivity contribution is 1.39. The van der Waals surface area contributed by atoms with E-state index in [0.29, 0.717) is 0 Å². The van der Waals surface area contributed by atoms with E-state index in [1.807, 2.05) is 19.2 Å². The lowest BCUT2D eigenvalue weighted by Gasteiger charge is -2.11. The Morgan fingerprint density at radius 3 is 2.44 bits per heavy atom. The number of hydrogen-bond acceptors (Lipinski definition) is 1. The lowest BCUT2D eigenvalue weighted by Crippen LogP contribution is -1.90. The molecule has 0 N–H and O–H groups in total. The molecule has 0 amide bonds. The summed E-state index contributed by atoms with van der Waals surface area (Å²) >= 11 is 0. The van der Waals surface area contributed by atoms with E-state index in [-0.39, 0.29) is 0 Å². The molecule has 0 bridgehead atoms. The zero-order valence-corrected chi connectivity index (χ0v) is 10.6. The molecule has 0 aliphatic rings. The first-order valence-corrected chi connectivity index (χ1v) is 6.21. The summed E-state index contributed by atoms with van der Waals surface area (Å²) in [6.07, 6.45) is 6.09. The van der Waals surface area contributed by atoms with Crippen LogP contribution in [0, 0.1) is 6.92 Å². The number of nitrogens with zero attached hydrogens (tertiary/aromatic N) is 1. The normalized spacial score (nSPS) is 11.7. The van der Waals surface area contributed by atoms with Crippen molar-refractivity contribution >= 4 is 27.8 Å². The van der Waals surface area contributed by atoms with Crippen LogP contribution in [0.2, 0.25) is 0 Å². The number of fused-ring (bicyclic) bond motifs is 3. The summed E-state index contributed by atoms with van der Waals surface area (Å²) < 4.78 is 0. The summed E-state index contributed by atoms with van der Waals surface area (Å²) in [7, 11) is 0. The Bertz CT molecular complexity index is 754. The minimum Gasteiger partial charge on any atom is -0.256 e. The number of rotatable bonds is 1.